The van der Waals surface area contributed by atoms with Gasteiger partial charge in [-0.3, -0.25) is 19.2 Å². The fourth-order valence-electron chi connectivity index (χ4n) is 6.07. The Morgan fingerprint density at radius 3 is 2.10 bits per heavy atom. The van der Waals surface area contributed by atoms with Gasteiger partial charge in [0.25, 0.3) is 17.7 Å². The molecule has 0 radical (unpaired) electrons. The number of hydrogen-bond acceptors (Lipinski definition) is 7. The number of rotatable bonds is 7. The fourth-order valence-corrected chi connectivity index (χ4v) is 8.24. The van der Waals surface area contributed by atoms with Gasteiger partial charge in [0.1, 0.15) is 12.3 Å². The molecule has 3 amide bonds. The van der Waals surface area contributed by atoms with E-state index in [-0.39, 0.29) is 54.2 Å². The highest BCUT2D eigenvalue weighted by Crippen LogP contribution is 2.60. The third-order valence-electron chi connectivity index (χ3n) is 8.01. The summed E-state index contributed by atoms with van der Waals surface area (Å²) in [5.74, 6) is -4.22. The van der Waals surface area contributed by atoms with Gasteiger partial charge in [-0.25, -0.2) is 9.80 Å². The molecule has 0 spiro atoms. The zero-order chi connectivity index (χ0) is 29.9. The molecule has 6 rings (SSSR count). The number of fused-ring (bicyclic) bond motifs is 5. The molecule has 1 aliphatic heterocycles. The first kappa shape index (κ1) is 29.1. The average Bonchev–Trinajstić information content (AvgIpc) is 3.75. The second-order valence-corrected chi connectivity index (χ2v) is 13.2. The standard InChI is InChI=1S/C29H20Br2Cl2N2O7/c30-24-16-11-17(25(24)31)23-22(16)27(38)35(28(23)39)34(26(37)14-5-8-18(32)19(33)10-14)12-20(36)13-3-6-15(7-4-13)42-29(40)21-2-1-9-41-21/h1-10,16-17,22-25H,11-12H2/t16-,17-,22-,23-,24+,25+/m1/s1. The van der Waals surface area contributed by atoms with Crippen LogP contribution in [0.3, 0.4) is 0 Å². The molecule has 13 heteroatoms. The Bertz CT molecular complexity index is 1580. The van der Waals surface area contributed by atoms with Crippen molar-refractivity contribution in [3.63, 3.8) is 0 Å². The zero-order valence-corrected chi connectivity index (χ0v) is 26.1. The monoisotopic (exact) mass is 736 g/mol. The zero-order valence-electron chi connectivity index (χ0n) is 21.4. The van der Waals surface area contributed by atoms with E-state index >= 15 is 0 Å². The Morgan fingerprint density at radius 1 is 0.905 bits per heavy atom. The number of carbonyl (C=O) groups excluding carboxylic acids is 5. The minimum Gasteiger partial charge on any atom is -0.457 e. The second kappa shape index (κ2) is 11.3. The number of nitrogens with zero attached hydrogens (tertiary/aromatic N) is 2. The Hall–Kier alpha value is -2.99. The van der Waals surface area contributed by atoms with E-state index in [1.54, 1.807) is 6.07 Å². The van der Waals surface area contributed by atoms with E-state index in [4.69, 9.17) is 32.4 Å². The molecule has 2 bridgehead atoms. The molecule has 3 fully saturated rings. The van der Waals surface area contributed by atoms with Crippen LogP contribution in [0.25, 0.3) is 0 Å². The minimum absolute atomic E-state index is 0.00158. The van der Waals surface area contributed by atoms with E-state index in [2.05, 4.69) is 31.9 Å². The molecule has 6 atom stereocenters. The number of Topliss-reactive ketones (excluding diaryl/α,β-unsaturated/α-hetero) is 1. The molecule has 0 N–H and O–H groups in total. The van der Waals surface area contributed by atoms with Crippen LogP contribution in [0.15, 0.2) is 65.3 Å². The van der Waals surface area contributed by atoms with Crippen LogP contribution in [0.5, 0.6) is 5.75 Å². The van der Waals surface area contributed by atoms with Crippen LogP contribution >= 0.6 is 55.1 Å². The molecule has 3 aromatic rings. The highest BCUT2D eigenvalue weighted by atomic mass is 79.9. The first-order valence-electron chi connectivity index (χ1n) is 12.9. The number of ether oxygens (including phenoxy) is 1. The molecular formula is C29H20Br2Cl2N2O7. The molecule has 2 saturated carbocycles. The number of furan rings is 1. The van der Waals surface area contributed by atoms with Crippen LogP contribution in [-0.4, -0.2) is 55.7 Å². The Labute approximate surface area is 266 Å². The van der Waals surface area contributed by atoms with Gasteiger partial charge in [0.05, 0.1) is 28.1 Å². The van der Waals surface area contributed by atoms with Crippen molar-refractivity contribution in [1.29, 1.82) is 0 Å². The maximum Gasteiger partial charge on any atom is 0.379 e. The van der Waals surface area contributed by atoms with Crippen molar-refractivity contribution < 1.29 is 33.1 Å². The first-order chi connectivity index (χ1) is 20.1. The highest BCUT2D eigenvalue weighted by molar-refractivity contribution is 9.12. The van der Waals surface area contributed by atoms with E-state index in [1.165, 1.54) is 54.8 Å². The van der Waals surface area contributed by atoms with Gasteiger partial charge in [-0.05, 0) is 72.9 Å². The summed E-state index contributed by atoms with van der Waals surface area (Å²) in [5, 5.41) is 2.05. The molecule has 3 aliphatic rings. The summed E-state index contributed by atoms with van der Waals surface area (Å²) in [6.45, 7) is -0.605. The van der Waals surface area contributed by atoms with Crippen molar-refractivity contribution in [3.8, 4) is 5.75 Å². The molecule has 42 heavy (non-hydrogen) atoms. The number of hydrazine groups is 1. The number of halogens is 4. The largest absolute Gasteiger partial charge is 0.457 e. The van der Waals surface area contributed by atoms with Gasteiger partial charge in [-0.1, -0.05) is 55.1 Å². The van der Waals surface area contributed by atoms with Crippen LogP contribution in [0, 0.1) is 23.7 Å². The number of amides is 3. The number of carbonyl (C=O) groups is 5. The third-order valence-corrected chi connectivity index (χ3v) is 12.0. The molecule has 0 unspecified atom stereocenters. The van der Waals surface area contributed by atoms with Gasteiger partial charge >= 0.3 is 5.97 Å². The van der Waals surface area contributed by atoms with Crippen LogP contribution in [0.4, 0.5) is 0 Å². The number of ketones is 1. The van der Waals surface area contributed by atoms with Crippen molar-refractivity contribution in [2.24, 2.45) is 23.7 Å². The first-order valence-corrected chi connectivity index (χ1v) is 15.5. The molecule has 1 saturated heterocycles. The van der Waals surface area contributed by atoms with Crippen LogP contribution < -0.4 is 4.74 Å². The van der Waals surface area contributed by atoms with E-state index < -0.39 is 47.9 Å². The molecule has 1 aromatic heterocycles. The smallest absolute Gasteiger partial charge is 0.379 e. The van der Waals surface area contributed by atoms with Crippen LogP contribution in [0.2, 0.25) is 10.0 Å². The van der Waals surface area contributed by atoms with Crippen molar-refractivity contribution in [3.05, 3.63) is 87.8 Å². The maximum atomic E-state index is 13.8. The molecule has 216 valence electrons. The summed E-state index contributed by atoms with van der Waals surface area (Å²) in [6, 6.07) is 12.8. The van der Waals surface area contributed by atoms with E-state index in [1.807, 2.05) is 0 Å². The highest BCUT2D eigenvalue weighted by Gasteiger charge is 2.67. The molecule has 2 heterocycles. The fraction of sp³-hybridized carbons (Fsp3) is 0.276. The summed E-state index contributed by atoms with van der Waals surface area (Å²) in [4.78, 5) is 67.0. The topological polar surface area (TPSA) is 114 Å². The Kier molecular flexibility index (Phi) is 7.80. The number of imide groups is 1. The Morgan fingerprint density at radius 2 is 1.52 bits per heavy atom. The Balaban J connectivity index is 1.28. The summed E-state index contributed by atoms with van der Waals surface area (Å²) in [6.07, 6.45) is 2.05. The molecule has 9 nitrogen and oxygen atoms in total. The molecule has 2 aromatic carbocycles. The van der Waals surface area contributed by atoms with E-state index in [0.717, 1.165) is 10.0 Å². The lowest BCUT2D eigenvalue weighted by Crippen LogP contribution is -2.52. The number of esters is 1. The number of benzene rings is 2. The summed E-state index contributed by atoms with van der Waals surface area (Å²) in [5.41, 5.74) is 0.217. The van der Waals surface area contributed by atoms with Gasteiger partial charge in [-0.15, -0.1) is 0 Å². The lowest BCUT2D eigenvalue weighted by atomic mass is 9.81. The van der Waals surface area contributed by atoms with Gasteiger partial charge < -0.3 is 9.15 Å². The minimum atomic E-state index is -0.759. The lowest BCUT2D eigenvalue weighted by Gasteiger charge is -2.31. The van der Waals surface area contributed by atoms with Crippen molar-refractivity contribution in [1.82, 2.24) is 10.0 Å². The van der Waals surface area contributed by atoms with Crippen molar-refractivity contribution >= 4 is 84.5 Å². The van der Waals surface area contributed by atoms with Gasteiger partial charge in [-0.2, -0.15) is 5.01 Å². The van der Waals surface area contributed by atoms with E-state index in [9.17, 15) is 24.0 Å². The number of hydrogen-bond donors (Lipinski definition) is 0. The average molecular weight is 739 g/mol. The van der Waals surface area contributed by atoms with Crippen LogP contribution in [0.1, 0.15) is 37.7 Å². The SMILES string of the molecule is O=C(CN(C(=O)c1ccc(Cl)c(Cl)c1)N1C(=O)[C@@H]2[C@H]3C[C@@H]([C@H](Br)[C@H]3Br)[C@H]2C1=O)c1ccc(OC(=O)c2ccco2)cc1. The predicted molar refractivity (Wildman–Crippen MR) is 158 cm³/mol. The molecule has 2 aliphatic carbocycles. The van der Waals surface area contributed by atoms with Gasteiger partial charge in [0, 0.05) is 20.8 Å². The quantitative estimate of drug-likeness (QED) is 0.0987. The summed E-state index contributed by atoms with van der Waals surface area (Å²) in [7, 11) is 0. The maximum absolute atomic E-state index is 13.8. The number of alkyl halides is 2. The second-order valence-electron chi connectivity index (χ2n) is 10.3. The van der Waals surface area contributed by atoms with Crippen LogP contribution in [-0.2, 0) is 9.59 Å². The lowest BCUT2D eigenvalue weighted by molar-refractivity contribution is -0.154. The van der Waals surface area contributed by atoms with Gasteiger partial charge in [0.2, 0.25) is 5.76 Å². The van der Waals surface area contributed by atoms with Gasteiger partial charge in [0.15, 0.2) is 5.78 Å². The van der Waals surface area contributed by atoms with E-state index in [0.29, 0.717) is 6.42 Å². The van der Waals surface area contributed by atoms with Crippen molar-refractivity contribution in [2.45, 2.75) is 16.1 Å². The summed E-state index contributed by atoms with van der Waals surface area (Å²) >= 11 is 19.5. The van der Waals surface area contributed by atoms with Crippen molar-refractivity contribution in [2.75, 3.05) is 6.54 Å². The third kappa shape index (κ3) is 4.90. The normalized spacial score (nSPS) is 26.0. The molecular weight excluding hydrogens is 719 g/mol. The summed E-state index contributed by atoms with van der Waals surface area (Å²) < 4.78 is 10.3. The predicted octanol–water partition coefficient (Wildman–Crippen LogP) is 5.82.